The monoisotopic (exact) mass is 279 g/mol. The highest BCUT2D eigenvalue weighted by molar-refractivity contribution is 5.82. The van der Waals surface area contributed by atoms with Crippen molar-refractivity contribution in [1.29, 1.82) is 0 Å². The summed E-state index contributed by atoms with van der Waals surface area (Å²) in [5, 5.41) is 7.57. The molecule has 1 aliphatic rings. The second-order valence-electron chi connectivity index (χ2n) is 5.68. The topological polar surface area (TPSA) is 76.2 Å². The molecule has 1 aliphatic heterocycles. The molecule has 0 atom stereocenters. The van der Waals surface area contributed by atoms with E-state index < -0.39 is 0 Å². The molecular formula is C14H25N5O. The molecule has 0 bridgehead atoms. The van der Waals surface area contributed by atoms with E-state index >= 15 is 0 Å². The van der Waals surface area contributed by atoms with Crippen LogP contribution >= 0.6 is 0 Å². The highest BCUT2D eigenvalue weighted by atomic mass is 16.2. The van der Waals surface area contributed by atoms with Crippen LogP contribution in [-0.2, 0) is 4.79 Å². The van der Waals surface area contributed by atoms with Gasteiger partial charge in [0.05, 0.1) is 17.9 Å². The van der Waals surface area contributed by atoms with Crippen molar-refractivity contribution in [3.05, 3.63) is 5.69 Å². The number of nitrogens with one attached hydrogen (secondary N) is 1. The fourth-order valence-corrected chi connectivity index (χ4v) is 2.52. The van der Waals surface area contributed by atoms with Crippen LogP contribution in [0.1, 0.15) is 44.8 Å². The molecule has 0 saturated carbocycles. The minimum atomic E-state index is 0.137. The maximum Gasteiger partial charge on any atom is 0.241 e. The van der Waals surface area contributed by atoms with Gasteiger partial charge in [0.2, 0.25) is 5.91 Å². The second-order valence-corrected chi connectivity index (χ2v) is 5.68. The molecule has 3 N–H and O–H groups in total. The predicted octanol–water partition coefficient (Wildman–Crippen LogP) is 1.78. The summed E-state index contributed by atoms with van der Waals surface area (Å²) in [5.74, 6) is 0.890. The summed E-state index contributed by atoms with van der Waals surface area (Å²) < 4.78 is 1.84. The molecule has 1 aromatic heterocycles. The smallest absolute Gasteiger partial charge is 0.241 e. The number of rotatable bonds is 4. The van der Waals surface area contributed by atoms with Gasteiger partial charge in [-0.2, -0.15) is 5.10 Å². The standard InChI is InChI=1S/C14H25N5O/c1-10(2)19-14(13(15)11(3)17-19)16-9-12(20)18-7-5-4-6-8-18/h10,16H,4-9,15H2,1-3H3. The van der Waals surface area contributed by atoms with Crippen molar-refractivity contribution < 1.29 is 4.79 Å². The number of carbonyl (C=O) groups is 1. The number of aryl methyl sites for hydroxylation is 1. The average Bonchev–Trinajstić information content (AvgIpc) is 2.73. The average molecular weight is 279 g/mol. The van der Waals surface area contributed by atoms with Crippen LogP contribution in [0.4, 0.5) is 11.5 Å². The lowest BCUT2D eigenvalue weighted by Gasteiger charge is -2.27. The maximum atomic E-state index is 12.2. The summed E-state index contributed by atoms with van der Waals surface area (Å²) in [5.41, 5.74) is 7.46. The number of nitrogens with zero attached hydrogens (tertiary/aromatic N) is 3. The first-order valence-corrected chi connectivity index (χ1v) is 7.37. The summed E-state index contributed by atoms with van der Waals surface area (Å²) in [7, 11) is 0. The van der Waals surface area contributed by atoms with E-state index in [9.17, 15) is 4.79 Å². The number of piperidine rings is 1. The minimum Gasteiger partial charge on any atom is -0.394 e. The Hall–Kier alpha value is -1.72. The van der Waals surface area contributed by atoms with Crippen molar-refractivity contribution in [3.63, 3.8) is 0 Å². The third kappa shape index (κ3) is 3.05. The molecule has 112 valence electrons. The van der Waals surface area contributed by atoms with Crippen molar-refractivity contribution >= 4 is 17.4 Å². The number of likely N-dealkylation sites (tertiary alicyclic amines) is 1. The molecule has 2 heterocycles. The molecule has 0 radical (unpaired) electrons. The van der Waals surface area contributed by atoms with E-state index in [-0.39, 0.29) is 18.5 Å². The number of hydrogen-bond donors (Lipinski definition) is 2. The van der Waals surface area contributed by atoms with Gasteiger partial charge in [-0.25, -0.2) is 4.68 Å². The minimum absolute atomic E-state index is 0.137. The Bertz CT molecular complexity index is 474. The molecule has 20 heavy (non-hydrogen) atoms. The zero-order valence-electron chi connectivity index (χ0n) is 12.6. The number of aromatic nitrogens is 2. The molecular weight excluding hydrogens is 254 g/mol. The van der Waals surface area contributed by atoms with E-state index in [1.807, 2.05) is 30.4 Å². The van der Waals surface area contributed by atoms with Crippen LogP contribution in [0.5, 0.6) is 0 Å². The summed E-state index contributed by atoms with van der Waals surface area (Å²) in [6, 6.07) is 0.207. The Morgan fingerprint density at radius 3 is 2.60 bits per heavy atom. The zero-order valence-corrected chi connectivity index (χ0v) is 12.6. The molecule has 1 fully saturated rings. The molecule has 0 aromatic carbocycles. The van der Waals surface area contributed by atoms with Gasteiger partial charge in [-0.05, 0) is 40.0 Å². The number of hydrogen-bond acceptors (Lipinski definition) is 4. The fraction of sp³-hybridized carbons (Fsp3) is 0.714. The lowest BCUT2D eigenvalue weighted by Crippen LogP contribution is -2.39. The van der Waals surface area contributed by atoms with Crippen molar-refractivity contribution in [3.8, 4) is 0 Å². The van der Waals surface area contributed by atoms with E-state index in [1.54, 1.807) is 0 Å². The summed E-state index contributed by atoms with van der Waals surface area (Å²) in [4.78, 5) is 14.1. The third-order valence-corrected chi connectivity index (χ3v) is 3.74. The highest BCUT2D eigenvalue weighted by Gasteiger charge is 2.19. The first-order valence-electron chi connectivity index (χ1n) is 7.37. The molecule has 1 saturated heterocycles. The quantitative estimate of drug-likeness (QED) is 0.881. The van der Waals surface area contributed by atoms with E-state index in [0.29, 0.717) is 5.69 Å². The fourth-order valence-electron chi connectivity index (χ4n) is 2.52. The van der Waals surface area contributed by atoms with Gasteiger partial charge in [0.15, 0.2) is 0 Å². The van der Waals surface area contributed by atoms with Crippen LogP contribution < -0.4 is 11.1 Å². The van der Waals surface area contributed by atoms with E-state index in [1.165, 1.54) is 6.42 Å². The maximum absolute atomic E-state index is 12.2. The Kier molecular flexibility index (Phi) is 4.52. The Labute approximate surface area is 120 Å². The number of amides is 1. The Morgan fingerprint density at radius 1 is 1.35 bits per heavy atom. The van der Waals surface area contributed by atoms with Crippen LogP contribution in [0.3, 0.4) is 0 Å². The molecule has 0 spiro atoms. The molecule has 6 heteroatoms. The van der Waals surface area contributed by atoms with Crippen LogP contribution in [0, 0.1) is 6.92 Å². The van der Waals surface area contributed by atoms with E-state index in [4.69, 9.17) is 5.73 Å². The third-order valence-electron chi connectivity index (χ3n) is 3.74. The number of carbonyl (C=O) groups excluding carboxylic acids is 1. The van der Waals surface area contributed by atoms with Crippen molar-refractivity contribution in [2.75, 3.05) is 30.7 Å². The van der Waals surface area contributed by atoms with Crippen LogP contribution in [0.15, 0.2) is 0 Å². The Morgan fingerprint density at radius 2 is 2.00 bits per heavy atom. The number of anilines is 2. The Balaban J connectivity index is 2.01. The SMILES string of the molecule is Cc1nn(C(C)C)c(NCC(=O)N2CCCCC2)c1N. The highest BCUT2D eigenvalue weighted by Crippen LogP contribution is 2.25. The lowest BCUT2D eigenvalue weighted by atomic mass is 10.1. The second kappa shape index (κ2) is 6.15. The van der Waals surface area contributed by atoms with Gasteiger partial charge in [0, 0.05) is 19.1 Å². The summed E-state index contributed by atoms with van der Waals surface area (Å²) in [6.07, 6.45) is 3.44. The normalized spacial score (nSPS) is 15.7. The van der Waals surface area contributed by atoms with Gasteiger partial charge in [0.1, 0.15) is 5.82 Å². The van der Waals surface area contributed by atoms with Gasteiger partial charge in [-0.3, -0.25) is 4.79 Å². The largest absolute Gasteiger partial charge is 0.394 e. The van der Waals surface area contributed by atoms with Gasteiger partial charge in [0.25, 0.3) is 0 Å². The molecule has 1 amide bonds. The molecule has 2 rings (SSSR count). The molecule has 1 aromatic rings. The van der Waals surface area contributed by atoms with Crippen LogP contribution in [0.25, 0.3) is 0 Å². The van der Waals surface area contributed by atoms with Gasteiger partial charge >= 0.3 is 0 Å². The first-order chi connectivity index (χ1) is 9.50. The zero-order chi connectivity index (χ0) is 14.7. The van der Waals surface area contributed by atoms with Crippen molar-refractivity contribution in [1.82, 2.24) is 14.7 Å². The summed E-state index contributed by atoms with van der Waals surface area (Å²) >= 11 is 0. The van der Waals surface area contributed by atoms with Crippen LogP contribution in [0.2, 0.25) is 0 Å². The van der Waals surface area contributed by atoms with E-state index in [2.05, 4.69) is 10.4 Å². The van der Waals surface area contributed by atoms with Gasteiger partial charge in [-0.1, -0.05) is 0 Å². The first kappa shape index (κ1) is 14.7. The summed E-state index contributed by atoms with van der Waals surface area (Å²) in [6.45, 7) is 8.00. The van der Waals surface area contributed by atoms with Crippen molar-refractivity contribution in [2.24, 2.45) is 0 Å². The van der Waals surface area contributed by atoms with Crippen molar-refractivity contribution in [2.45, 2.75) is 46.1 Å². The van der Waals surface area contributed by atoms with Gasteiger partial charge < -0.3 is 16.0 Å². The molecule has 6 nitrogen and oxygen atoms in total. The lowest BCUT2D eigenvalue weighted by molar-refractivity contribution is -0.130. The number of nitrogens with two attached hydrogens (primary N) is 1. The molecule has 0 aliphatic carbocycles. The number of nitrogen functional groups attached to an aromatic ring is 1. The van der Waals surface area contributed by atoms with Crippen LogP contribution in [-0.4, -0.2) is 40.2 Å². The predicted molar refractivity (Wildman–Crippen MR) is 80.7 cm³/mol. The van der Waals surface area contributed by atoms with Gasteiger partial charge in [-0.15, -0.1) is 0 Å². The van der Waals surface area contributed by atoms with E-state index in [0.717, 1.165) is 37.4 Å². The molecule has 0 unspecified atom stereocenters.